The second kappa shape index (κ2) is 9.09. The molecule has 4 rings (SSSR count). The SMILES string of the molecule is CCOc1ccc(C2=N[C@H](c3ccc(Cl)cc3)N[C@@H](c3cc(Cl)ccc3O)C2)cc1. The van der Waals surface area contributed by atoms with E-state index in [-0.39, 0.29) is 18.0 Å². The molecular formula is C24H22Cl2N2O2. The minimum Gasteiger partial charge on any atom is -0.508 e. The molecule has 1 aliphatic heterocycles. The number of phenols is 1. The molecule has 154 valence electrons. The summed E-state index contributed by atoms with van der Waals surface area (Å²) in [5.41, 5.74) is 3.71. The summed E-state index contributed by atoms with van der Waals surface area (Å²) in [6.45, 7) is 2.59. The van der Waals surface area contributed by atoms with Crippen LogP contribution in [-0.4, -0.2) is 17.4 Å². The lowest BCUT2D eigenvalue weighted by Gasteiger charge is -2.31. The number of hydrogen-bond acceptors (Lipinski definition) is 4. The van der Waals surface area contributed by atoms with E-state index in [9.17, 15) is 5.11 Å². The van der Waals surface area contributed by atoms with E-state index in [0.29, 0.717) is 23.1 Å². The maximum Gasteiger partial charge on any atom is 0.126 e. The Morgan fingerprint density at radius 3 is 2.40 bits per heavy atom. The maximum atomic E-state index is 10.5. The molecule has 0 spiro atoms. The number of nitrogens with zero attached hydrogens (tertiary/aromatic N) is 1. The van der Waals surface area contributed by atoms with Crippen LogP contribution in [0.25, 0.3) is 0 Å². The highest BCUT2D eigenvalue weighted by atomic mass is 35.5. The fraction of sp³-hybridized carbons (Fsp3) is 0.208. The fourth-order valence-electron chi connectivity index (χ4n) is 3.61. The van der Waals surface area contributed by atoms with E-state index in [1.54, 1.807) is 18.2 Å². The van der Waals surface area contributed by atoms with E-state index in [0.717, 1.165) is 28.2 Å². The van der Waals surface area contributed by atoms with Crippen LogP contribution >= 0.6 is 23.2 Å². The largest absolute Gasteiger partial charge is 0.508 e. The summed E-state index contributed by atoms with van der Waals surface area (Å²) in [5.74, 6) is 1.04. The molecule has 0 radical (unpaired) electrons. The molecule has 30 heavy (non-hydrogen) atoms. The predicted molar refractivity (Wildman–Crippen MR) is 122 cm³/mol. The normalized spacial score (nSPS) is 18.7. The number of benzene rings is 3. The van der Waals surface area contributed by atoms with Gasteiger partial charge in [0.1, 0.15) is 17.7 Å². The smallest absolute Gasteiger partial charge is 0.126 e. The summed E-state index contributed by atoms with van der Waals surface area (Å²) in [4.78, 5) is 4.96. The molecule has 0 unspecified atom stereocenters. The van der Waals surface area contributed by atoms with Gasteiger partial charge in [-0.2, -0.15) is 0 Å². The highest BCUT2D eigenvalue weighted by Crippen LogP contribution is 2.36. The van der Waals surface area contributed by atoms with Crippen LogP contribution in [0.4, 0.5) is 0 Å². The Morgan fingerprint density at radius 2 is 1.70 bits per heavy atom. The lowest BCUT2D eigenvalue weighted by Crippen LogP contribution is -2.33. The molecule has 0 aromatic heterocycles. The summed E-state index contributed by atoms with van der Waals surface area (Å²) in [7, 11) is 0. The topological polar surface area (TPSA) is 53.8 Å². The number of aliphatic imine (C=N–C) groups is 1. The maximum absolute atomic E-state index is 10.5. The van der Waals surface area contributed by atoms with Gasteiger partial charge >= 0.3 is 0 Å². The standard InChI is InChI=1S/C24H22Cl2N2O2/c1-2-30-19-10-5-15(6-11-19)21-14-22(20-13-18(26)9-12-23(20)29)28-24(27-21)16-3-7-17(25)8-4-16/h3-13,22,24,28-29H,2,14H2,1H3/t22-,24+/m1/s1. The van der Waals surface area contributed by atoms with Crippen molar-refractivity contribution < 1.29 is 9.84 Å². The van der Waals surface area contributed by atoms with E-state index in [1.807, 2.05) is 55.5 Å². The minimum absolute atomic E-state index is 0.150. The van der Waals surface area contributed by atoms with Gasteiger partial charge in [-0.1, -0.05) is 35.3 Å². The van der Waals surface area contributed by atoms with Crippen molar-refractivity contribution in [1.82, 2.24) is 5.32 Å². The van der Waals surface area contributed by atoms with Crippen molar-refractivity contribution >= 4 is 28.9 Å². The van der Waals surface area contributed by atoms with Crippen LogP contribution in [0, 0.1) is 0 Å². The average Bonchev–Trinajstić information content (AvgIpc) is 2.76. The number of halogens is 2. The van der Waals surface area contributed by atoms with Crippen LogP contribution in [-0.2, 0) is 0 Å². The van der Waals surface area contributed by atoms with E-state index >= 15 is 0 Å². The molecule has 3 aromatic rings. The zero-order valence-electron chi connectivity index (χ0n) is 16.5. The van der Waals surface area contributed by atoms with Crippen molar-refractivity contribution in [2.24, 2.45) is 4.99 Å². The van der Waals surface area contributed by atoms with Crippen molar-refractivity contribution in [1.29, 1.82) is 0 Å². The summed E-state index contributed by atoms with van der Waals surface area (Å²) in [6.07, 6.45) is 0.340. The molecule has 1 heterocycles. The Labute approximate surface area is 186 Å². The van der Waals surface area contributed by atoms with Gasteiger partial charge in [-0.05, 0) is 72.6 Å². The third-order valence-electron chi connectivity index (χ3n) is 5.09. The first-order valence-electron chi connectivity index (χ1n) is 9.83. The molecule has 4 nitrogen and oxygen atoms in total. The lowest BCUT2D eigenvalue weighted by atomic mass is 9.93. The first-order chi connectivity index (χ1) is 14.5. The molecule has 0 bridgehead atoms. The highest BCUT2D eigenvalue weighted by molar-refractivity contribution is 6.30. The van der Waals surface area contributed by atoms with Gasteiger partial charge in [-0.3, -0.25) is 10.3 Å². The molecule has 1 aliphatic rings. The summed E-state index contributed by atoms with van der Waals surface area (Å²) in [6, 6.07) is 20.5. The molecular weight excluding hydrogens is 419 g/mol. The van der Waals surface area contributed by atoms with Crippen molar-refractivity contribution in [2.75, 3.05) is 6.61 Å². The highest BCUT2D eigenvalue weighted by Gasteiger charge is 2.28. The van der Waals surface area contributed by atoms with Gasteiger partial charge in [-0.25, -0.2) is 0 Å². The third-order valence-corrected chi connectivity index (χ3v) is 5.58. The second-order valence-electron chi connectivity index (χ2n) is 7.11. The van der Waals surface area contributed by atoms with E-state index in [1.165, 1.54) is 0 Å². The second-order valence-corrected chi connectivity index (χ2v) is 7.99. The van der Waals surface area contributed by atoms with Crippen molar-refractivity contribution in [3.05, 3.63) is 93.5 Å². The number of ether oxygens (including phenoxy) is 1. The first-order valence-corrected chi connectivity index (χ1v) is 10.6. The minimum atomic E-state index is -0.277. The fourth-order valence-corrected chi connectivity index (χ4v) is 3.92. The zero-order chi connectivity index (χ0) is 21.1. The van der Waals surface area contributed by atoms with Gasteiger partial charge in [0, 0.05) is 33.8 Å². The van der Waals surface area contributed by atoms with Gasteiger partial charge in [0.05, 0.1) is 6.61 Å². The molecule has 0 saturated carbocycles. The molecule has 0 saturated heterocycles. The van der Waals surface area contributed by atoms with Crippen LogP contribution in [0.5, 0.6) is 11.5 Å². The molecule has 6 heteroatoms. The van der Waals surface area contributed by atoms with Crippen molar-refractivity contribution in [3.8, 4) is 11.5 Å². The average molecular weight is 441 g/mol. The Kier molecular flexibility index (Phi) is 6.28. The number of hydrogen-bond donors (Lipinski definition) is 2. The number of aromatic hydroxyl groups is 1. The van der Waals surface area contributed by atoms with Gasteiger partial charge in [0.2, 0.25) is 0 Å². The summed E-state index contributed by atoms with van der Waals surface area (Å²) in [5, 5.41) is 15.2. The van der Waals surface area contributed by atoms with E-state index in [2.05, 4.69) is 5.32 Å². The number of rotatable bonds is 5. The van der Waals surface area contributed by atoms with E-state index in [4.69, 9.17) is 32.9 Å². The monoisotopic (exact) mass is 440 g/mol. The van der Waals surface area contributed by atoms with Crippen LogP contribution in [0.2, 0.25) is 10.0 Å². The van der Waals surface area contributed by atoms with Gasteiger partial charge in [0.25, 0.3) is 0 Å². The Hall–Kier alpha value is -2.53. The van der Waals surface area contributed by atoms with Crippen LogP contribution < -0.4 is 10.1 Å². The number of nitrogens with one attached hydrogen (secondary N) is 1. The van der Waals surface area contributed by atoms with Crippen LogP contribution in [0.3, 0.4) is 0 Å². The predicted octanol–water partition coefficient (Wildman–Crippen LogP) is 6.32. The van der Waals surface area contributed by atoms with Gasteiger partial charge < -0.3 is 9.84 Å². The lowest BCUT2D eigenvalue weighted by molar-refractivity contribution is 0.340. The Morgan fingerprint density at radius 1 is 1.00 bits per heavy atom. The quantitative estimate of drug-likeness (QED) is 0.487. The van der Waals surface area contributed by atoms with Crippen molar-refractivity contribution in [2.45, 2.75) is 25.6 Å². The molecule has 3 aromatic carbocycles. The molecule has 2 atom stereocenters. The third kappa shape index (κ3) is 4.62. The van der Waals surface area contributed by atoms with Crippen LogP contribution in [0.15, 0.2) is 71.7 Å². The Balaban J connectivity index is 1.72. The van der Waals surface area contributed by atoms with Gasteiger partial charge in [-0.15, -0.1) is 0 Å². The molecule has 2 N–H and O–H groups in total. The van der Waals surface area contributed by atoms with Crippen LogP contribution in [0.1, 0.15) is 42.2 Å². The summed E-state index contributed by atoms with van der Waals surface area (Å²) >= 11 is 12.3. The number of phenolic OH excluding ortho intramolecular Hbond substituents is 1. The van der Waals surface area contributed by atoms with Gasteiger partial charge in [0.15, 0.2) is 0 Å². The molecule has 0 fully saturated rings. The first kappa shape index (κ1) is 20.7. The zero-order valence-corrected chi connectivity index (χ0v) is 18.0. The summed E-state index contributed by atoms with van der Waals surface area (Å²) < 4.78 is 5.56. The molecule has 0 aliphatic carbocycles. The Bertz CT molecular complexity index is 1050. The van der Waals surface area contributed by atoms with E-state index < -0.39 is 0 Å². The molecule has 0 amide bonds. The van der Waals surface area contributed by atoms with Crippen molar-refractivity contribution in [3.63, 3.8) is 0 Å².